The molecule has 0 aromatic heterocycles. The van der Waals surface area contributed by atoms with Gasteiger partial charge in [-0.2, -0.15) is 0 Å². The molecule has 4 aromatic rings. The lowest BCUT2D eigenvalue weighted by molar-refractivity contribution is 0.0975. The number of anilines is 1. The van der Waals surface area contributed by atoms with Crippen LogP contribution in [-0.2, 0) is 6.42 Å². The van der Waals surface area contributed by atoms with Crippen LogP contribution in [0.3, 0.4) is 0 Å². The van der Waals surface area contributed by atoms with Crippen molar-refractivity contribution in [2.45, 2.75) is 6.42 Å². The van der Waals surface area contributed by atoms with E-state index < -0.39 is 0 Å². The number of carbonyl (C=O) groups is 1. The molecule has 5 rings (SSSR count). The van der Waals surface area contributed by atoms with E-state index in [0.29, 0.717) is 11.3 Å². The number of thiocarbonyl (C=S) groups is 1. The molecular formula is C26H19BrN2O2S. The van der Waals surface area contributed by atoms with Gasteiger partial charge in [-0.3, -0.25) is 10.1 Å². The number of rotatable bonds is 3. The first-order chi connectivity index (χ1) is 15.5. The van der Waals surface area contributed by atoms with E-state index in [1.165, 1.54) is 22.3 Å². The minimum Gasteiger partial charge on any atom is -0.495 e. The first kappa shape index (κ1) is 20.7. The standard InChI is InChI=1S/C26H19BrN2O2S/c1-31-24-22(14-16-7-3-5-9-21(16)23(24)27)25(30)29-26(32)28-18-10-11-20-17(13-18)12-15-6-2-4-8-19(15)20/h2-11,13-14H,12H2,1H3,(H2,28,29,30,32). The van der Waals surface area contributed by atoms with Crippen LogP contribution >= 0.6 is 28.1 Å². The molecule has 6 heteroatoms. The zero-order valence-corrected chi connectivity index (χ0v) is 19.6. The molecule has 158 valence electrons. The second-order valence-electron chi connectivity index (χ2n) is 7.61. The minimum absolute atomic E-state index is 0.233. The monoisotopic (exact) mass is 502 g/mol. The highest BCUT2D eigenvalue weighted by Gasteiger charge is 2.20. The molecule has 0 bridgehead atoms. The van der Waals surface area contributed by atoms with Gasteiger partial charge in [-0.15, -0.1) is 0 Å². The third-order valence-corrected chi connectivity index (χ3v) is 6.66. The summed E-state index contributed by atoms with van der Waals surface area (Å²) in [5.41, 5.74) is 6.33. The summed E-state index contributed by atoms with van der Waals surface area (Å²) >= 11 is 8.99. The quantitative estimate of drug-likeness (QED) is 0.284. The van der Waals surface area contributed by atoms with E-state index in [2.05, 4.69) is 63.0 Å². The number of ether oxygens (including phenoxy) is 1. The number of amides is 1. The Balaban J connectivity index is 1.35. The lowest BCUT2D eigenvalue weighted by Crippen LogP contribution is -2.34. The smallest absolute Gasteiger partial charge is 0.261 e. The molecule has 0 unspecified atom stereocenters. The van der Waals surface area contributed by atoms with Crippen LogP contribution in [0.1, 0.15) is 21.5 Å². The zero-order chi connectivity index (χ0) is 22.2. The fraction of sp³-hybridized carbons (Fsp3) is 0.0769. The zero-order valence-electron chi connectivity index (χ0n) is 17.2. The van der Waals surface area contributed by atoms with Crippen molar-refractivity contribution >= 4 is 55.6 Å². The topological polar surface area (TPSA) is 50.4 Å². The van der Waals surface area contributed by atoms with Crippen LogP contribution in [0.4, 0.5) is 5.69 Å². The number of hydrogen-bond donors (Lipinski definition) is 2. The van der Waals surface area contributed by atoms with Gasteiger partial charge in [-0.05, 0) is 85.8 Å². The van der Waals surface area contributed by atoms with Crippen LogP contribution in [0.15, 0.2) is 77.3 Å². The van der Waals surface area contributed by atoms with Gasteiger partial charge in [0.15, 0.2) is 5.11 Å². The van der Waals surface area contributed by atoms with Gasteiger partial charge >= 0.3 is 0 Å². The summed E-state index contributed by atoms with van der Waals surface area (Å²) in [6.07, 6.45) is 0.891. The first-order valence-electron chi connectivity index (χ1n) is 10.1. The fourth-order valence-electron chi connectivity index (χ4n) is 4.21. The summed E-state index contributed by atoms with van der Waals surface area (Å²) in [6.45, 7) is 0. The Kier molecular flexibility index (Phi) is 5.41. The van der Waals surface area contributed by atoms with Crippen LogP contribution in [0.2, 0.25) is 0 Å². The van der Waals surface area contributed by atoms with Gasteiger partial charge in [0, 0.05) is 5.69 Å². The Morgan fingerprint density at radius 3 is 2.56 bits per heavy atom. The predicted octanol–water partition coefficient (Wildman–Crippen LogP) is 6.31. The highest BCUT2D eigenvalue weighted by Crippen LogP contribution is 2.38. The SMILES string of the molecule is COc1c(C(=O)NC(=S)Nc2ccc3c(c2)Cc2ccccc2-3)cc2ccccc2c1Br. The van der Waals surface area contributed by atoms with Gasteiger partial charge in [0.05, 0.1) is 17.1 Å². The van der Waals surface area contributed by atoms with E-state index in [0.717, 1.165) is 27.4 Å². The van der Waals surface area contributed by atoms with Gasteiger partial charge in [-0.25, -0.2) is 0 Å². The Bertz CT molecular complexity index is 1400. The Morgan fingerprint density at radius 1 is 0.969 bits per heavy atom. The van der Waals surface area contributed by atoms with E-state index >= 15 is 0 Å². The average Bonchev–Trinajstić information content (AvgIpc) is 3.16. The summed E-state index contributed by atoms with van der Waals surface area (Å²) < 4.78 is 6.25. The van der Waals surface area contributed by atoms with E-state index in [9.17, 15) is 4.79 Å². The van der Waals surface area contributed by atoms with Crippen molar-refractivity contribution in [2.24, 2.45) is 0 Å². The molecule has 32 heavy (non-hydrogen) atoms. The van der Waals surface area contributed by atoms with Crippen molar-refractivity contribution in [3.63, 3.8) is 0 Å². The number of halogens is 1. The van der Waals surface area contributed by atoms with Crippen molar-refractivity contribution in [1.82, 2.24) is 5.32 Å². The third-order valence-electron chi connectivity index (χ3n) is 5.67. The number of hydrogen-bond acceptors (Lipinski definition) is 3. The lowest BCUT2D eigenvalue weighted by Gasteiger charge is -2.15. The summed E-state index contributed by atoms with van der Waals surface area (Å²) in [7, 11) is 1.55. The maximum Gasteiger partial charge on any atom is 0.261 e. The molecule has 0 heterocycles. The van der Waals surface area contributed by atoms with E-state index in [4.69, 9.17) is 17.0 Å². The summed E-state index contributed by atoms with van der Waals surface area (Å²) in [5, 5.41) is 8.05. The van der Waals surface area contributed by atoms with Crippen LogP contribution in [-0.4, -0.2) is 18.1 Å². The minimum atomic E-state index is -0.334. The van der Waals surface area contributed by atoms with Crippen molar-refractivity contribution in [3.05, 3.63) is 94.0 Å². The molecule has 0 radical (unpaired) electrons. The molecule has 4 aromatic carbocycles. The molecule has 0 atom stereocenters. The van der Waals surface area contributed by atoms with E-state index in [1.807, 2.05) is 36.4 Å². The number of carbonyl (C=O) groups excluding carboxylic acids is 1. The van der Waals surface area contributed by atoms with E-state index in [-0.39, 0.29) is 11.0 Å². The van der Waals surface area contributed by atoms with Gasteiger partial charge in [0.25, 0.3) is 5.91 Å². The molecule has 1 aliphatic carbocycles. The van der Waals surface area contributed by atoms with Crippen molar-refractivity contribution < 1.29 is 9.53 Å². The Hall–Kier alpha value is -3.22. The van der Waals surface area contributed by atoms with Gasteiger partial charge in [0.2, 0.25) is 0 Å². The average molecular weight is 503 g/mol. The molecule has 1 aliphatic rings. The van der Waals surface area contributed by atoms with Crippen LogP contribution < -0.4 is 15.4 Å². The first-order valence-corrected chi connectivity index (χ1v) is 11.3. The van der Waals surface area contributed by atoms with Crippen molar-refractivity contribution in [2.75, 3.05) is 12.4 Å². The third kappa shape index (κ3) is 3.66. The number of nitrogens with one attached hydrogen (secondary N) is 2. The van der Waals surface area contributed by atoms with Crippen molar-refractivity contribution in [3.8, 4) is 16.9 Å². The lowest BCUT2D eigenvalue weighted by atomic mass is 10.1. The molecule has 0 saturated carbocycles. The van der Waals surface area contributed by atoms with Crippen LogP contribution in [0, 0.1) is 0 Å². The number of methoxy groups -OCH3 is 1. The van der Waals surface area contributed by atoms with Gasteiger partial charge in [-0.1, -0.05) is 54.6 Å². The molecule has 4 nitrogen and oxygen atoms in total. The normalized spacial score (nSPS) is 11.6. The highest BCUT2D eigenvalue weighted by molar-refractivity contribution is 9.10. The Labute approximate surface area is 199 Å². The summed E-state index contributed by atoms with van der Waals surface area (Å²) in [6, 6.07) is 24.2. The molecule has 0 saturated heterocycles. The van der Waals surface area contributed by atoms with Gasteiger partial charge < -0.3 is 10.1 Å². The highest BCUT2D eigenvalue weighted by atomic mass is 79.9. The number of benzene rings is 4. The van der Waals surface area contributed by atoms with Crippen molar-refractivity contribution in [1.29, 1.82) is 0 Å². The molecule has 0 aliphatic heterocycles. The summed E-state index contributed by atoms with van der Waals surface area (Å²) in [4.78, 5) is 13.0. The fourth-order valence-corrected chi connectivity index (χ4v) is 5.16. The number of fused-ring (bicyclic) bond motifs is 4. The molecule has 0 spiro atoms. The van der Waals surface area contributed by atoms with E-state index in [1.54, 1.807) is 7.11 Å². The largest absolute Gasteiger partial charge is 0.495 e. The molecule has 1 amide bonds. The van der Waals surface area contributed by atoms with Crippen LogP contribution in [0.25, 0.3) is 21.9 Å². The maximum atomic E-state index is 13.0. The Morgan fingerprint density at radius 2 is 1.72 bits per heavy atom. The summed E-state index contributed by atoms with van der Waals surface area (Å²) in [5.74, 6) is 0.138. The second-order valence-corrected chi connectivity index (χ2v) is 8.81. The van der Waals surface area contributed by atoms with Gasteiger partial charge in [0.1, 0.15) is 5.75 Å². The second kappa shape index (κ2) is 8.37. The predicted molar refractivity (Wildman–Crippen MR) is 137 cm³/mol. The maximum absolute atomic E-state index is 13.0. The molecule has 0 fully saturated rings. The molecular weight excluding hydrogens is 484 g/mol. The van der Waals surface area contributed by atoms with Crippen LogP contribution in [0.5, 0.6) is 5.75 Å². The molecule has 2 N–H and O–H groups in total.